The summed E-state index contributed by atoms with van der Waals surface area (Å²) in [6.45, 7) is 4.47. The van der Waals surface area contributed by atoms with Crippen molar-refractivity contribution in [2.24, 2.45) is 0 Å². The molecule has 0 radical (unpaired) electrons. The number of furan rings is 1. The van der Waals surface area contributed by atoms with E-state index in [1.807, 2.05) is 6.07 Å². The fraction of sp³-hybridized carbons (Fsp3) is 0.375. The van der Waals surface area contributed by atoms with Gasteiger partial charge in [-0.3, -0.25) is 9.69 Å². The highest BCUT2D eigenvalue weighted by Crippen LogP contribution is 2.30. The average molecular weight is 469 g/mol. The van der Waals surface area contributed by atoms with E-state index in [1.54, 1.807) is 49.3 Å². The van der Waals surface area contributed by atoms with Gasteiger partial charge in [-0.2, -0.15) is 0 Å². The van der Waals surface area contributed by atoms with Gasteiger partial charge in [-0.25, -0.2) is 9.59 Å². The van der Waals surface area contributed by atoms with Crippen LogP contribution in [-0.2, 0) is 9.53 Å². The van der Waals surface area contributed by atoms with Crippen molar-refractivity contribution in [3.63, 3.8) is 0 Å². The van der Waals surface area contributed by atoms with Gasteiger partial charge in [0.1, 0.15) is 5.75 Å². The van der Waals surface area contributed by atoms with Gasteiger partial charge in [0.25, 0.3) is 5.91 Å². The number of benzene rings is 1. The quantitative estimate of drug-likeness (QED) is 0.597. The lowest BCUT2D eigenvalue weighted by atomic mass is 9.94. The van der Waals surface area contributed by atoms with E-state index in [9.17, 15) is 14.4 Å². The van der Waals surface area contributed by atoms with Crippen molar-refractivity contribution in [2.75, 3.05) is 46.4 Å². The van der Waals surface area contributed by atoms with Crippen molar-refractivity contribution in [1.29, 1.82) is 0 Å². The molecule has 34 heavy (non-hydrogen) atoms. The summed E-state index contributed by atoms with van der Waals surface area (Å²) in [7, 11) is 1.56. The minimum Gasteiger partial charge on any atom is -0.497 e. The first-order valence-electron chi connectivity index (χ1n) is 11.2. The Hall–Kier alpha value is -3.79. The largest absolute Gasteiger partial charge is 0.497 e. The van der Waals surface area contributed by atoms with Gasteiger partial charge in [-0.1, -0.05) is 12.1 Å². The molecular formula is C24H28N4O6. The lowest BCUT2D eigenvalue weighted by molar-refractivity contribution is -0.139. The zero-order chi connectivity index (χ0) is 24.1. The molecule has 3 heterocycles. The van der Waals surface area contributed by atoms with Crippen LogP contribution in [0.25, 0.3) is 0 Å². The highest BCUT2D eigenvalue weighted by molar-refractivity contribution is 5.95. The molecule has 10 nitrogen and oxygen atoms in total. The van der Waals surface area contributed by atoms with Crippen LogP contribution in [0, 0.1) is 0 Å². The van der Waals surface area contributed by atoms with Gasteiger partial charge in [-0.15, -0.1) is 0 Å². The molecule has 180 valence electrons. The Morgan fingerprint density at radius 3 is 2.62 bits per heavy atom. The summed E-state index contributed by atoms with van der Waals surface area (Å²) in [6, 6.07) is 9.47. The molecular weight excluding hydrogens is 440 g/mol. The van der Waals surface area contributed by atoms with Crippen LogP contribution in [0.4, 0.5) is 4.79 Å². The van der Waals surface area contributed by atoms with Gasteiger partial charge < -0.3 is 29.4 Å². The molecule has 2 aliphatic rings. The van der Waals surface area contributed by atoms with Crippen molar-refractivity contribution in [2.45, 2.75) is 13.0 Å². The lowest BCUT2D eigenvalue weighted by Gasteiger charge is -2.36. The van der Waals surface area contributed by atoms with Gasteiger partial charge in [0, 0.05) is 38.4 Å². The SMILES string of the molecule is CCOC(=O)C1=C(CN2CCN(C(=O)c3ccco3)CC2)NC(=O)NC1c1cccc(OC)c1. The zero-order valence-corrected chi connectivity index (χ0v) is 19.2. The molecule has 0 bridgehead atoms. The van der Waals surface area contributed by atoms with Crippen molar-refractivity contribution in [3.8, 4) is 5.75 Å². The zero-order valence-electron chi connectivity index (χ0n) is 19.2. The Bertz CT molecular complexity index is 1070. The second-order valence-electron chi connectivity index (χ2n) is 7.97. The Labute approximate surface area is 197 Å². The molecule has 1 saturated heterocycles. The fourth-order valence-electron chi connectivity index (χ4n) is 4.15. The standard InChI is InChI=1S/C24H28N4O6/c1-3-33-23(30)20-18(25-24(31)26-21(20)16-6-4-7-17(14-16)32-2)15-27-9-11-28(12-10-27)22(29)19-8-5-13-34-19/h4-8,13-14,21H,3,9-12,15H2,1-2H3,(H2,25,26,31). The number of carbonyl (C=O) groups excluding carboxylic acids is 3. The van der Waals surface area contributed by atoms with E-state index >= 15 is 0 Å². The Balaban J connectivity index is 1.55. The maximum atomic E-state index is 13.0. The summed E-state index contributed by atoms with van der Waals surface area (Å²) >= 11 is 0. The summed E-state index contributed by atoms with van der Waals surface area (Å²) in [6.07, 6.45) is 1.48. The number of urea groups is 1. The molecule has 1 atom stereocenters. The van der Waals surface area contributed by atoms with Crippen LogP contribution in [0.2, 0.25) is 0 Å². The number of piperazine rings is 1. The Morgan fingerprint density at radius 2 is 1.94 bits per heavy atom. The van der Waals surface area contributed by atoms with Crippen molar-refractivity contribution < 1.29 is 28.3 Å². The number of nitrogens with one attached hydrogen (secondary N) is 2. The predicted molar refractivity (Wildman–Crippen MR) is 122 cm³/mol. The number of ether oxygens (including phenoxy) is 2. The van der Waals surface area contributed by atoms with E-state index in [0.29, 0.717) is 61.1 Å². The Morgan fingerprint density at radius 1 is 1.15 bits per heavy atom. The molecule has 0 spiro atoms. The van der Waals surface area contributed by atoms with Crippen molar-refractivity contribution in [3.05, 3.63) is 65.3 Å². The first-order valence-corrected chi connectivity index (χ1v) is 11.2. The molecule has 0 aliphatic carbocycles. The van der Waals surface area contributed by atoms with Gasteiger partial charge in [0.15, 0.2) is 5.76 Å². The second-order valence-corrected chi connectivity index (χ2v) is 7.97. The van der Waals surface area contributed by atoms with E-state index in [2.05, 4.69) is 15.5 Å². The van der Waals surface area contributed by atoms with E-state index in [-0.39, 0.29) is 12.5 Å². The number of methoxy groups -OCH3 is 1. The van der Waals surface area contributed by atoms with Crippen LogP contribution in [0.5, 0.6) is 5.75 Å². The van der Waals surface area contributed by atoms with Crippen LogP contribution >= 0.6 is 0 Å². The van der Waals surface area contributed by atoms with Crippen LogP contribution in [0.3, 0.4) is 0 Å². The van der Waals surface area contributed by atoms with Crippen LogP contribution < -0.4 is 15.4 Å². The van der Waals surface area contributed by atoms with Crippen LogP contribution in [0.1, 0.15) is 29.1 Å². The topological polar surface area (TPSA) is 113 Å². The number of esters is 1. The van der Waals surface area contributed by atoms with Crippen molar-refractivity contribution in [1.82, 2.24) is 20.4 Å². The number of rotatable bonds is 7. The first-order chi connectivity index (χ1) is 16.5. The van der Waals surface area contributed by atoms with Crippen LogP contribution in [-0.4, -0.2) is 74.1 Å². The third-order valence-corrected chi connectivity index (χ3v) is 5.85. The summed E-state index contributed by atoms with van der Waals surface area (Å²) in [5, 5.41) is 5.63. The molecule has 2 aromatic rings. The Kier molecular flexibility index (Phi) is 7.17. The van der Waals surface area contributed by atoms with Gasteiger partial charge in [-0.05, 0) is 36.8 Å². The monoisotopic (exact) mass is 468 g/mol. The van der Waals surface area contributed by atoms with Crippen molar-refractivity contribution >= 4 is 17.9 Å². The second kappa shape index (κ2) is 10.4. The summed E-state index contributed by atoms with van der Waals surface area (Å²) in [5.74, 6) is 0.286. The number of amides is 3. The molecule has 3 amide bonds. The minimum atomic E-state index is -0.681. The number of nitrogens with zero attached hydrogens (tertiary/aromatic N) is 2. The smallest absolute Gasteiger partial charge is 0.338 e. The maximum absolute atomic E-state index is 13.0. The molecule has 2 aliphatic heterocycles. The van der Waals surface area contributed by atoms with Gasteiger partial charge in [0.2, 0.25) is 0 Å². The fourth-order valence-corrected chi connectivity index (χ4v) is 4.15. The molecule has 0 saturated carbocycles. The normalized spacial score (nSPS) is 18.8. The summed E-state index contributed by atoms with van der Waals surface area (Å²) in [4.78, 5) is 41.9. The van der Waals surface area contributed by atoms with E-state index < -0.39 is 18.0 Å². The molecule has 1 fully saturated rings. The molecule has 1 unspecified atom stereocenters. The number of carbonyl (C=O) groups is 3. The molecule has 10 heteroatoms. The van der Waals surface area contributed by atoms with E-state index in [0.717, 1.165) is 0 Å². The average Bonchev–Trinajstić information content (AvgIpc) is 3.39. The molecule has 2 N–H and O–H groups in total. The van der Waals surface area contributed by atoms with E-state index in [1.165, 1.54) is 6.26 Å². The molecule has 1 aromatic heterocycles. The third-order valence-electron chi connectivity index (χ3n) is 5.85. The van der Waals surface area contributed by atoms with Gasteiger partial charge >= 0.3 is 12.0 Å². The third kappa shape index (κ3) is 5.07. The summed E-state index contributed by atoms with van der Waals surface area (Å²) in [5.41, 5.74) is 1.55. The number of hydrogen-bond donors (Lipinski definition) is 2. The highest BCUT2D eigenvalue weighted by atomic mass is 16.5. The van der Waals surface area contributed by atoms with Gasteiger partial charge in [0.05, 0.1) is 31.6 Å². The number of hydrogen-bond acceptors (Lipinski definition) is 7. The van der Waals surface area contributed by atoms with Crippen LogP contribution in [0.15, 0.2) is 58.3 Å². The summed E-state index contributed by atoms with van der Waals surface area (Å²) < 4.78 is 15.9. The first kappa shape index (κ1) is 23.4. The lowest BCUT2D eigenvalue weighted by Crippen LogP contribution is -2.52. The molecule has 4 rings (SSSR count). The predicted octanol–water partition coefficient (Wildman–Crippen LogP) is 1.92. The highest BCUT2D eigenvalue weighted by Gasteiger charge is 2.35. The maximum Gasteiger partial charge on any atom is 0.338 e. The minimum absolute atomic E-state index is 0.149. The molecule has 1 aromatic carbocycles. The van der Waals surface area contributed by atoms with E-state index in [4.69, 9.17) is 13.9 Å².